The molecule has 31 heavy (non-hydrogen) atoms. The molecule has 0 bridgehead atoms. The van der Waals surface area contributed by atoms with Crippen molar-refractivity contribution in [2.75, 3.05) is 19.6 Å². The monoisotopic (exact) mass is 427 g/mol. The van der Waals surface area contributed by atoms with E-state index < -0.39 is 35.6 Å². The topological polar surface area (TPSA) is 124 Å². The predicted octanol–water partition coefficient (Wildman–Crippen LogP) is 0.817. The molecule has 1 atom stereocenters. The molecule has 3 aliphatic rings. The number of carbonyl (C=O) groups excluding carboxylic acids is 4. The number of aliphatic carboxylic acids is 1. The van der Waals surface area contributed by atoms with Gasteiger partial charge in [0.05, 0.1) is 17.7 Å². The van der Waals surface area contributed by atoms with Gasteiger partial charge in [0.1, 0.15) is 6.04 Å². The lowest BCUT2D eigenvalue weighted by Crippen LogP contribution is -2.54. The van der Waals surface area contributed by atoms with Crippen LogP contribution in [0.25, 0.3) is 0 Å². The van der Waals surface area contributed by atoms with Gasteiger partial charge in [-0.05, 0) is 62.7 Å². The quantitative estimate of drug-likeness (QED) is 0.644. The van der Waals surface area contributed by atoms with E-state index in [1.807, 2.05) is 11.0 Å². The number of likely N-dealkylation sites (tertiary alicyclic amines) is 1. The van der Waals surface area contributed by atoms with E-state index in [-0.39, 0.29) is 19.4 Å². The van der Waals surface area contributed by atoms with Crippen LogP contribution in [0.2, 0.25) is 0 Å². The van der Waals surface area contributed by atoms with Crippen molar-refractivity contribution in [3.8, 4) is 0 Å². The van der Waals surface area contributed by atoms with Crippen LogP contribution < -0.4 is 5.32 Å². The van der Waals surface area contributed by atoms with Crippen LogP contribution in [0.4, 0.5) is 0 Å². The van der Waals surface area contributed by atoms with Gasteiger partial charge in [0.2, 0.25) is 11.8 Å². The van der Waals surface area contributed by atoms with Crippen LogP contribution in [-0.2, 0) is 20.8 Å². The highest BCUT2D eigenvalue weighted by molar-refractivity contribution is 6.24. The Bertz CT molecular complexity index is 951. The van der Waals surface area contributed by atoms with Gasteiger partial charge in [-0.15, -0.1) is 0 Å². The number of carbonyl (C=O) groups is 5. The van der Waals surface area contributed by atoms with Crippen LogP contribution >= 0.6 is 0 Å². The number of nitrogens with one attached hydrogen (secondary N) is 1. The van der Waals surface area contributed by atoms with Gasteiger partial charge in [0, 0.05) is 6.42 Å². The first-order valence-electron chi connectivity index (χ1n) is 10.6. The molecule has 9 nitrogen and oxygen atoms in total. The number of fused-ring (bicyclic) bond motifs is 1. The molecule has 2 N–H and O–H groups in total. The molecule has 0 aromatic heterocycles. The normalized spacial score (nSPS) is 22.6. The fourth-order valence-corrected chi connectivity index (χ4v) is 4.78. The summed E-state index contributed by atoms with van der Waals surface area (Å²) >= 11 is 0. The minimum absolute atomic E-state index is 0.0612. The summed E-state index contributed by atoms with van der Waals surface area (Å²) in [5.74, 6) is -2.35. The van der Waals surface area contributed by atoms with E-state index >= 15 is 0 Å². The first kappa shape index (κ1) is 21.2. The van der Waals surface area contributed by atoms with E-state index in [1.165, 1.54) is 0 Å². The zero-order valence-corrected chi connectivity index (χ0v) is 17.1. The molecule has 3 aliphatic heterocycles. The summed E-state index contributed by atoms with van der Waals surface area (Å²) < 4.78 is 0. The van der Waals surface area contributed by atoms with Crippen molar-refractivity contribution in [3.63, 3.8) is 0 Å². The minimum atomic E-state index is -0.962. The third-order valence-corrected chi connectivity index (χ3v) is 6.44. The third kappa shape index (κ3) is 4.23. The van der Waals surface area contributed by atoms with Crippen LogP contribution in [0, 0.1) is 5.92 Å². The summed E-state index contributed by atoms with van der Waals surface area (Å²) in [6, 6.07) is 4.24. The van der Waals surface area contributed by atoms with Crippen molar-refractivity contribution < 1.29 is 29.1 Å². The lowest BCUT2D eigenvalue weighted by atomic mass is 9.89. The number of amides is 4. The van der Waals surface area contributed by atoms with Gasteiger partial charge in [-0.1, -0.05) is 12.1 Å². The standard InChI is InChI=1S/C22H25N3O6/c26-17-7-6-16(20(29)23-17)25-21(30)15-3-1-2-14(19(15)22(25)31)5-4-13-8-10-24(11-9-13)12-18(27)28/h1-3,13,16H,4-12H2,(H,27,28)(H,23,26,29). The largest absolute Gasteiger partial charge is 0.480 e. The Hall–Kier alpha value is -3.07. The fourth-order valence-electron chi connectivity index (χ4n) is 4.78. The SMILES string of the molecule is O=C(O)CN1CCC(CCc2cccc3c2C(=O)N(C2CCC(=O)NC2=O)C3=O)CC1. The second-order valence-corrected chi connectivity index (χ2v) is 8.44. The smallest absolute Gasteiger partial charge is 0.317 e. The molecule has 2 fully saturated rings. The highest BCUT2D eigenvalue weighted by Gasteiger charge is 2.45. The Morgan fingerprint density at radius 3 is 2.48 bits per heavy atom. The van der Waals surface area contributed by atoms with Crippen LogP contribution in [0.1, 0.15) is 58.4 Å². The molecule has 9 heteroatoms. The molecule has 2 saturated heterocycles. The van der Waals surface area contributed by atoms with E-state index in [1.54, 1.807) is 12.1 Å². The Morgan fingerprint density at radius 1 is 1.06 bits per heavy atom. The van der Waals surface area contributed by atoms with Crippen LogP contribution in [0.3, 0.4) is 0 Å². The van der Waals surface area contributed by atoms with Crippen molar-refractivity contribution >= 4 is 29.6 Å². The number of piperidine rings is 2. The summed E-state index contributed by atoms with van der Waals surface area (Å²) in [6.45, 7) is 1.54. The van der Waals surface area contributed by atoms with E-state index in [4.69, 9.17) is 5.11 Å². The predicted molar refractivity (Wildman–Crippen MR) is 108 cm³/mol. The maximum absolute atomic E-state index is 13.1. The molecule has 3 heterocycles. The lowest BCUT2D eigenvalue weighted by molar-refractivity contribution is -0.139. The lowest BCUT2D eigenvalue weighted by Gasteiger charge is -2.30. The first-order chi connectivity index (χ1) is 14.8. The molecule has 0 saturated carbocycles. The van der Waals surface area contributed by atoms with Crippen molar-refractivity contribution in [1.29, 1.82) is 0 Å². The zero-order valence-electron chi connectivity index (χ0n) is 17.1. The summed E-state index contributed by atoms with van der Waals surface area (Å²) in [4.78, 5) is 63.5. The van der Waals surface area contributed by atoms with Crippen LogP contribution in [0.15, 0.2) is 18.2 Å². The van der Waals surface area contributed by atoms with Gasteiger partial charge in [0.25, 0.3) is 11.8 Å². The molecular formula is C22H25N3O6. The van der Waals surface area contributed by atoms with E-state index in [0.29, 0.717) is 23.5 Å². The van der Waals surface area contributed by atoms with E-state index in [9.17, 15) is 24.0 Å². The molecule has 4 amide bonds. The number of benzene rings is 1. The van der Waals surface area contributed by atoms with Crippen LogP contribution in [-0.4, -0.2) is 70.2 Å². The molecule has 0 spiro atoms. The average molecular weight is 427 g/mol. The highest BCUT2D eigenvalue weighted by atomic mass is 16.4. The van der Waals surface area contributed by atoms with E-state index in [0.717, 1.165) is 42.8 Å². The van der Waals surface area contributed by atoms with Crippen molar-refractivity contribution in [2.24, 2.45) is 5.92 Å². The molecule has 1 aromatic rings. The average Bonchev–Trinajstić information content (AvgIpc) is 2.98. The van der Waals surface area contributed by atoms with Gasteiger partial charge in [0.15, 0.2) is 0 Å². The Labute approximate surface area is 179 Å². The molecule has 0 aliphatic carbocycles. The Morgan fingerprint density at radius 2 is 1.81 bits per heavy atom. The highest BCUT2D eigenvalue weighted by Crippen LogP contribution is 2.31. The van der Waals surface area contributed by atoms with Crippen molar-refractivity contribution in [3.05, 3.63) is 34.9 Å². The maximum Gasteiger partial charge on any atom is 0.317 e. The number of imide groups is 2. The first-order valence-corrected chi connectivity index (χ1v) is 10.6. The molecule has 0 radical (unpaired) electrons. The number of carboxylic acid groups (broad SMARTS) is 1. The number of hydrogen-bond donors (Lipinski definition) is 2. The number of nitrogens with zero attached hydrogens (tertiary/aromatic N) is 2. The maximum atomic E-state index is 13.1. The molecule has 1 aromatic carbocycles. The molecule has 1 unspecified atom stereocenters. The summed E-state index contributed by atoms with van der Waals surface area (Å²) in [5.41, 5.74) is 1.46. The molecule has 164 valence electrons. The van der Waals surface area contributed by atoms with Gasteiger partial charge in [-0.3, -0.25) is 39.1 Å². The van der Waals surface area contributed by atoms with Gasteiger partial charge < -0.3 is 5.11 Å². The number of carboxylic acids is 1. The summed E-state index contributed by atoms with van der Waals surface area (Å²) in [7, 11) is 0. The van der Waals surface area contributed by atoms with Crippen molar-refractivity contribution in [1.82, 2.24) is 15.1 Å². The molecule has 4 rings (SSSR count). The Kier molecular flexibility index (Phi) is 5.86. The van der Waals surface area contributed by atoms with Gasteiger partial charge >= 0.3 is 5.97 Å². The third-order valence-electron chi connectivity index (χ3n) is 6.44. The van der Waals surface area contributed by atoms with Gasteiger partial charge in [-0.25, -0.2) is 0 Å². The number of hydrogen-bond acceptors (Lipinski definition) is 6. The second kappa shape index (κ2) is 8.58. The number of rotatable bonds is 6. The molecular weight excluding hydrogens is 402 g/mol. The second-order valence-electron chi connectivity index (χ2n) is 8.44. The minimum Gasteiger partial charge on any atom is -0.480 e. The Balaban J connectivity index is 1.44. The van der Waals surface area contributed by atoms with E-state index in [2.05, 4.69) is 5.32 Å². The van der Waals surface area contributed by atoms with Crippen molar-refractivity contribution in [2.45, 2.75) is 44.6 Å². The van der Waals surface area contributed by atoms with Gasteiger partial charge in [-0.2, -0.15) is 0 Å². The zero-order chi connectivity index (χ0) is 22.1. The summed E-state index contributed by atoms with van der Waals surface area (Å²) in [6.07, 6.45) is 3.51. The number of aryl methyl sites for hydroxylation is 1. The van der Waals surface area contributed by atoms with Crippen LogP contribution in [0.5, 0.6) is 0 Å². The fraction of sp³-hybridized carbons (Fsp3) is 0.500. The summed E-state index contributed by atoms with van der Waals surface area (Å²) in [5, 5.41) is 11.1.